The summed E-state index contributed by atoms with van der Waals surface area (Å²) in [5.41, 5.74) is 0. The van der Waals surface area contributed by atoms with Crippen molar-refractivity contribution < 1.29 is 14.9 Å². The molecule has 1 aliphatic heterocycles. The van der Waals surface area contributed by atoms with E-state index in [-0.39, 0.29) is 12.0 Å². The lowest BCUT2D eigenvalue weighted by Gasteiger charge is -2.34. The molecule has 1 saturated heterocycles. The van der Waals surface area contributed by atoms with Gasteiger partial charge < -0.3 is 14.9 Å². The van der Waals surface area contributed by atoms with Gasteiger partial charge in [-0.3, -0.25) is 0 Å². The van der Waals surface area contributed by atoms with Crippen LogP contribution in [0.3, 0.4) is 0 Å². The van der Waals surface area contributed by atoms with Crippen LogP contribution in [-0.4, -0.2) is 35.1 Å². The second-order valence-corrected chi connectivity index (χ2v) is 3.00. The normalized spacial score (nSPS) is 49.2. The maximum atomic E-state index is 9.29. The molecular weight excluding hydrogens is 132 g/mol. The van der Waals surface area contributed by atoms with Crippen LogP contribution in [0.4, 0.5) is 0 Å². The quantitative estimate of drug-likeness (QED) is 0.496. The Morgan fingerprint density at radius 3 is 2.30 bits per heavy atom. The zero-order valence-corrected chi connectivity index (χ0v) is 6.32. The minimum atomic E-state index is -0.719. The molecule has 0 aliphatic carbocycles. The van der Waals surface area contributed by atoms with Gasteiger partial charge in [0.15, 0.2) is 0 Å². The van der Waals surface area contributed by atoms with E-state index in [9.17, 15) is 10.2 Å². The first kappa shape index (κ1) is 7.98. The Morgan fingerprint density at radius 2 is 1.80 bits per heavy atom. The lowest BCUT2D eigenvalue weighted by molar-refractivity contribution is -0.153. The summed E-state index contributed by atoms with van der Waals surface area (Å²) in [5, 5.41) is 18.5. The van der Waals surface area contributed by atoms with Gasteiger partial charge in [-0.2, -0.15) is 0 Å². The van der Waals surface area contributed by atoms with Crippen LogP contribution >= 0.6 is 0 Å². The smallest absolute Gasteiger partial charge is 0.106 e. The molecule has 60 valence electrons. The van der Waals surface area contributed by atoms with Crippen LogP contribution in [-0.2, 0) is 4.74 Å². The summed E-state index contributed by atoms with van der Waals surface area (Å²) in [7, 11) is 0. The first-order valence-electron chi connectivity index (χ1n) is 3.60. The molecule has 10 heavy (non-hydrogen) atoms. The summed E-state index contributed by atoms with van der Waals surface area (Å²) < 4.78 is 5.16. The fourth-order valence-electron chi connectivity index (χ4n) is 1.12. The molecule has 1 heterocycles. The molecule has 3 heteroatoms. The van der Waals surface area contributed by atoms with Crippen molar-refractivity contribution in [3.05, 3.63) is 0 Å². The predicted octanol–water partition coefficient (Wildman–Crippen LogP) is -0.237. The second kappa shape index (κ2) is 2.86. The molecule has 0 aromatic heterocycles. The van der Waals surface area contributed by atoms with Crippen LogP contribution in [0, 0.1) is 5.92 Å². The number of hydrogen-bond acceptors (Lipinski definition) is 3. The summed E-state index contributed by atoms with van der Waals surface area (Å²) in [4.78, 5) is 0. The van der Waals surface area contributed by atoms with E-state index < -0.39 is 12.2 Å². The number of ether oxygens (including phenoxy) is 1. The Morgan fingerprint density at radius 1 is 1.20 bits per heavy atom. The summed E-state index contributed by atoms with van der Waals surface area (Å²) in [6, 6.07) is 0. The Hall–Kier alpha value is -0.120. The van der Waals surface area contributed by atoms with Gasteiger partial charge in [-0.05, 0) is 6.92 Å². The average molecular weight is 146 g/mol. The molecule has 1 fully saturated rings. The largest absolute Gasteiger partial charge is 0.390 e. The van der Waals surface area contributed by atoms with Crippen molar-refractivity contribution in [3.8, 4) is 0 Å². The van der Waals surface area contributed by atoms with Crippen LogP contribution in [0.25, 0.3) is 0 Å². The average Bonchev–Trinajstić information content (AvgIpc) is 1.93. The van der Waals surface area contributed by atoms with Gasteiger partial charge in [0.2, 0.25) is 0 Å². The highest BCUT2D eigenvalue weighted by Crippen LogP contribution is 2.18. The van der Waals surface area contributed by atoms with Crippen molar-refractivity contribution in [1.82, 2.24) is 0 Å². The number of rotatable bonds is 0. The molecule has 0 saturated carbocycles. The molecule has 4 atom stereocenters. The Kier molecular flexibility index (Phi) is 2.28. The van der Waals surface area contributed by atoms with Gasteiger partial charge in [-0.1, -0.05) is 6.92 Å². The SMILES string of the molecule is C[C@H]1CO[C@H](C)[C@H](O)[C@@H]1O. The first-order chi connectivity index (χ1) is 4.63. The standard InChI is InChI=1S/C7H14O3/c1-4-3-10-5(2)7(9)6(4)8/h4-9H,3H2,1-2H3/t4-,5+,6+,7-/m0/s1. The highest BCUT2D eigenvalue weighted by atomic mass is 16.5. The Balaban J connectivity index is 2.52. The van der Waals surface area contributed by atoms with Gasteiger partial charge >= 0.3 is 0 Å². The van der Waals surface area contributed by atoms with E-state index >= 15 is 0 Å². The van der Waals surface area contributed by atoms with E-state index in [0.717, 1.165) is 0 Å². The topological polar surface area (TPSA) is 49.7 Å². The van der Waals surface area contributed by atoms with Crippen molar-refractivity contribution in [2.24, 2.45) is 5.92 Å². The van der Waals surface area contributed by atoms with Crippen LogP contribution in [0.1, 0.15) is 13.8 Å². The zero-order chi connectivity index (χ0) is 7.72. The molecule has 0 bridgehead atoms. The molecule has 0 aromatic carbocycles. The van der Waals surface area contributed by atoms with Crippen LogP contribution in [0.5, 0.6) is 0 Å². The molecule has 2 N–H and O–H groups in total. The highest BCUT2D eigenvalue weighted by molar-refractivity contribution is 4.81. The lowest BCUT2D eigenvalue weighted by Crippen LogP contribution is -2.47. The lowest BCUT2D eigenvalue weighted by atomic mass is 9.95. The predicted molar refractivity (Wildman–Crippen MR) is 36.6 cm³/mol. The Bertz CT molecular complexity index is 101. The van der Waals surface area contributed by atoms with E-state index in [1.165, 1.54) is 0 Å². The zero-order valence-electron chi connectivity index (χ0n) is 6.32. The maximum Gasteiger partial charge on any atom is 0.106 e. The second-order valence-electron chi connectivity index (χ2n) is 3.00. The molecule has 0 unspecified atom stereocenters. The third-order valence-corrected chi connectivity index (χ3v) is 2.04. The highest BCUT2D eigenvalue weighted by Gasteiger charge is 2.33. The van der Waals surface area contributed by atoms with Crippen LogP contribution < -0.4 is 0 Å². The minimum Gasteiger partial charge on any atom is -0.390 e. The summed E-state index contributed by atoms with van der Waals surface area (Å²) >= 11 is 0. The van der Waals surface area contributed by atoms with Crippen molar-refractivity contribution in [1.29, 1.82) is 0 Å². The van der Waals surface area contributed by atoms with Gasteiger partial charge in [-0.25, -0.2) is 0 Å². The van der Waals surface area contributed by atoms with Crippen molar-refractivity contribution >= 4 is 0 Å². The fourth-order valence-corrected chi connectivity index (χ4v) is 1.12. The maximum absolute atomic E-state index is 9.29. The van der Waals surface area contributed by atoms with Crippen molar-refractivity contribution in [3.63, 3.8) is 0 Å². The first-order valence-corrected chi connectivity index (χ1v) is 3.60. The molecular formula is C7H14O3. The van der Waals surface area contributed by atoms with Crippen molar-refractivity contribution in [2.45, 2.75) is 32.2 Å². The number of hydrogen-bond donors (Lipinski definition) is 2. The van der Waals surface area contributed by atoms with Crippen LogP contribution in [0.2, 0.25) is 0 Å². The molecule has 0 amide bonds. The minimum absolute atomic E-state index is 0.0474. The summed E-state index contributed by atoms with van der Waals surface area (Å²) in [5.74, 6) is 0.0474. The third-order valence-electron chi connectivity index (χ3n) is 2.04. The van der Waals surface area contributed by atoms with E-state index in [4.69, 9.17) is 4.74 Å². The molecule has 3 nitrogen and oxygen atoms in total. The van der Waals surface area contributed by atoms with E-state index in [1.807, 2.05) is 6.92 Å². The number of aliphatic hydroxyl groups excluding tert-OH is 2. The van der Waals surface area contributed by atoms with Crippen LogP contribution in [0.15, 0.2) is 0 Å². The van der Waals surface area contributed by atoms with Gasteiger partial charge in [0.05, 0.1) is 18.8 Å². The third kappa shape index (κ3) is 1.31. The molecule has 0 radical (unpaired) electrons. The van der Waals surface area contributed by atoms with Gasteiger partial charge in [-0.15, -0.1) is 0 Å². The van der Waals surface area contributed by atoms with Gasteiger partial charge in [0, 0.05) is 5.92 Å². The van der Waals surface area contributed by atoms with E-state index in [0.29, 0.717) is 6.61 Å². The van der Waals surface area contributed by atoms with Crippen molar-refractivity contribution in [2.75, 3.05) is 6.61 Å². The van der Waals surface area contributed by atoms with E-state index in [2.05, 4.69) is 0 Å². The molecule has 0 aromatic rings. The fraction of sp³-hybridized carbons (Fsp3) is 1.00. The summed E-state index contributed by atoms with van der Waals surface area (Å²) in [6.45, 7) is 4.17. The molecule has 0 spiro atoms. The monoisotopic (exact) mass is 146 g/mol. The van der Waals surface area contributed by atoms with Gasteiger partial charge in [0.1, 0.15) is 6.10 Å². The van der Waals surface area contributed by atoms with Gasteiger partial charge in [0.25, 0.3) is 0 Å². The number of aliphatic hydroxyl groups is 2. The Labute approximate surface area is 60.6 Å². The summed E-state index contributed by atoms with van der Waals surface area (Å²) in [6.07, 6.45) is -1.57. The van der Waals surface area contributed by atoms with E-state index in [1.54, 1.807) is 6.92 Å². The molecule has 1 rings (SSSR count). The molecule has 1 aliphatic rings.